The summed E-state index contributed by atoms with van der Waals surface area (Å²) in [5, 5.41) is 11.7. The highest BCUT2D eigenvalue weighted by atomic mass is 79.9. The van der Waals surface area contributed by atoms with Crippen molar-refractivity contribution in [1.29, 1.82) is 0 Å². The van der Waals surface area contributed by atoms with Gasteiger partial charge in [-0.2, -0.15) is 0 Å². The lowest BCUT2D eigenvalue weighted by atomic mass is 9.80. The molecule has 0 bridgehead atoms. The van der Waals surface area contributed by atoms with Gasteiger partial charge >= 0.3 is 0 Å². The molecule has 1 nitrogen and oxygen atoms in total. The van der Waals surface area contributed by atoms with E-state index in [9.17, 15) is 5.11 Å². The number of rotatable bonds is 3. The Morgan fingerprint density at radius 2 is 0.720 bits per heavy atom. The van der Waals surface area contributed by atoms with E-state index in [4.69, 9.17) is 0 Å². The lowest BCUT2D eigenvalue weighted by molar-refractivity contribution is 0.125. The lowest BCUT2D eigenvalue weighted by Crippen LogP contribution is -2.28. The molecular formula is C21H19Br3O. The minimum absolute atomic E-state index is 0.824. The fourth-order valence-electron chi connectivity index (χ4n) is 2.57. The van der Waals surface area contributed by atoms with Gasteiger partial charge in [0.25, 0.3) is 0 Å². The van der Waals surface area contributed by atoms with E-state index >= 15 is 0 Å². The van der Waals surface area contributed by atoms with E-state index in [1.54, 1.807) is 0 Å². The van der Waals surface area contributed by atoms with Crippen molar-refractivity contribution in [3.05, 3.63) is 103 Å². The zero-order chi connectivity index (χ0) is 18.4. The van der Waals surface area contributed by atoms with E-state index in [0.29, 0.717) is 0 Å². The Morgan fingerprint density at radius 3 is 0.920 bits per heavy atom. The van der Waals surface area contributed by atoms with Gasteiger partial charge in [-0.05, 0) is 53.1 Å². The summed E-state index contributed by atoms with van der Waals surface area (Å²) in [5.41, 5.74) is 1.27. The van der Waals surface area contributed by atoms with Crippen molar-refractivity contribution in [2.24, 2.45) is 0 Å². The van der Waals surface area contributed by atoms with Crippen LogP contribution < -0.4 is 0 Å². The molecule has 0 saturated heterocycles. The molecule has 0 fully saturated rings. The summed E-state index contributed by atoms with van der Waals surface area (Å²) in [6.45, 7) is 4.00. The Labute approximate surface area is 174 Å². The highest BCUT2D eigenvalue weighted by Gasteiger charge is 2.33. The van der Waals surface area contributed by atoms with E-state index in [1.165, 1.54) is 0 Å². The summed E-state index contributed by atoms with van der Waals surface area (Å²) < 4.78 is 2.95. The standard InChI is InChI=1S/C19H13Br3O.C2H6/c20-16-7-1-13(2-8-16)19(23,14-3-9-17(21)10-4-14)15-5-11-18(22)12-6-15;1-2/h1-12,23H;1-2H3. The first-order valence-electron chi connectivity index (χ1n) is 8.00. The first-order chi connectivity index (χ1) is 12.0. The Morgan fingerprint density at radius 1 is 0.520 bits per heavy atom. The van der Waals surface area contributed by atoms with Crippen LogP contribution in [0.3, 0.4) is 0 Å². The number of aliphatic hydroxyl groups is 1. The van der Waals surface area contributed by atoms with Crippen molar-refractivity contribution in [3.8, 4) is 0 Å². The topological polar surface area (TPSA) is 20.2 Å². The number of hydrogen-bond acceptors (Lipinski definition) is 1. The zero-order valence-electron chi connectivity index (χ0n) is 14.0. The Balaban J connectivity index is 0.00000109. The molecule has 0 unspecified atom stereocenters. The molecule has 0 saturated carbocycles. The molecule has 0 atom stereocenters. The van der Waals surface area contributed by atoms with E-state index in [-0.39, 0.29) is 0 Å². The second-order valence-corrected chi connectivity index (χ2v) is 7.98. The summed E-state index contributed by atoms with van der Waals surface area (Å²) >= 11 is 10.3. The second kappa shape index (κ2) is 9.13. The van der Waals surface area contributed by atoms with Crippen molar-refractivity contribution < 1.29 is 5.11 Å². The third kappa shape index (κ3) is 4.62. The maximum atomic E-state index is 11.7. The Bertz CT molecular complexity index is 683. The van der Waals surface area contributed by atoms with Crippen LogP contribution in [0.2, 0.25) is 0 Å². The van der Waals surface area contributed by atoms with Crippen LogP contribution in [0.5, 0.6) is 0 Å². The van der Waals surface area contributed by atoms with Crippen LogP contribution in [-0.4, -0.2) is 5.11 Å². The molecule has 0 heterocycles. The molecule has 3 aromatic carbocycles. The van der Waals surface area contributed by atoms with Crippen LogP contribution in [0.1, 0.15) is 30.5 Å². The molecule has 1 N–H and O–H groups in total. The van der Waals surface area contributed by atoms with Gasteiger partial charge in [0.1, 0.15) is 5.60 Å². The quantitative estimate of drug-likeness (QED) is 0.355. The first kappa shape index (κ1) is 20.4. The van der Waals surface area contributed by atoms with Crippen molar-refractivity contribution in [1.82, 2.24) is 0 Å². The van der Waals surface area contributed by atoms with Crippen molar-refractivity contribution in [3.63, 3.8) is 0 Å². The van der Waals surface area contributed by atoms with Gasteiger partial charge in [0.15, 0.2) is 0 Å². The molecule has 3 rings (SSSR count). The smallest absolute Gasteiger partial charge is 0.140 e. The van der Waals surface area contributed by atoms with Gasteiger partial charge in [0.05, 0.1) is 0 Å². The van der Waals surface area contributed by atoms with Crippen LogP contribution in [0.4, 0.5) is 0 Å². The van der Waals surface area contributed by atoms with Crippen molar-refractivity contribution >= 4 is 47.8 Å². The van der Waals surface area contributed by atoms with Gasteiger partial charge in [-0.3, -0.25) is 0 Å². The van der Waals surface area contributed by atoms with E-state index in [1.807, 2.05) is 86.6 Å². The molecule has 0 aliphatic heterocycles. The van der Waals surface area contributed by atoms with Crippen LogP contribution in [0.25, 0.3) is 0 Å². The lowest BCUT2D eigenvalue weighted by Gasteiger charge is -2.30. The fourth-order valence-corrected chi connectivity index (χ4v) is 3.37. The van der Waals surface area contributed by atoms with Crippen LogP contribution in [-0.2, 0) is 5.60 Å². The number of benzene rings is 3. The molecule has 130 valence electrons. The number of hydrogen-bond donors (Lipinski definition) is 1. The highest BCUT2D eigenvalue weighted by Crippen LogP contribution is 2.38. The molecule has 0 aliphatic carbocycles. The normalized spacial score (nSPS) is 10.8. The molecular weight excluding hydrogens is 508 g/mol. The Kier molecular flexibility index (Phi) is 7.44. The van der Waals surface area contributed by atoms with Crippen LogP contribution in [0.15, 0.2) is 86.2 Å². The van der Waals surface area contributed by atoms with Gasteiger partial charge in [-0.15, -0.1) is 0 Å². The van der Waals surface area contributed by atoms with Crippen LogP contribution >= 0.6 is 47.8 Å². The zero-order valence-corrected chi connectivity index (χ0v) is 18.8. The van der Waals surface area contributed by atoms with Gasteiger partial charge in [-0.25, -0.2) is 0 Å². The summed E-state index contributed by atoms with van der Waals surface area (Å²) in [5.74, 6) is 0. The molecule has 0 spiro atoms. The summed E-state index contributed by atoms with van der Waals surface area (Å²) in [4.78, 5) is 0. The van der Waals surface area contributed by atoms with Gasteiger partial charge in [-0.1, -0.05) is 98.0 Å². The molecule has 0 radical (unpaired) electrons. The third-order valence-electron chi connectivity index (χ3n) is 3.79. The maximum absolute atomic E-state index is 11.7. The summed E-state index contributed by atoms with van der Waals surface area (Å²) in [6.07, 6.45) is 0. The maximum Gasteiger partial charge on any atom is 0.140 e. The second-order valence-electron chi connectivity index (χ2n) is 5.23. The molecule has 3 aromatic rings. The minimum Gasteiger partial charge on any atom is -0.376 e. The van der Waals surface area contributed by atoms with Crippen molar-refractivity contribution in [2.45, 2.75) is 19.4 Å². The summed E-state index contributed by atoms with van der Waals surface area (Å²) in [6, 6.07) is 23.3. The average molecular weight is 527 g/mol. The SMILES string of the molecule is CC.OC(c1ccc(Br)cc1)(c1ccc(Br)cc1)c1ccc(Br)cc1. The summed E-state index contributed by atoms with van der Waals surface area (Å²) in [7, 11) is 0. The first-order valence-corrected chi connectivity index (χ1v) is 10.4. The fraction of sp³-hybridized carbons (Fsp3) is 0.143. The largest absolute Gasteiger partial charge is 0.376 e. The van der Waals surface area contributed by atoms with Gasteiger partial charge in [0, 0.05) is 13.4 Å². The Hall–Kier alpha value is -0.940. The predicted octanol–water partition coefficient (Wildman–Crippen LogP) is 7.28. The molecule has 4 heteroatoms. The average Bonchev–Trinajstić information content (AvgIpc) is 2.64. The molecule has 0 aliphatic rings. The van der Waals surface area contributed by atoms with Crippen molar-refractivity contribution in [2.75, 3.05) is 0 Å². The monoisotopic (exact) mass is 524 g/mol. The molecule has 0 amide bonds. The van der Waals surface area contributed by atoms with E-state index in [0.717, 1.165) is 30.1 Å². The highest BCUT2D eigenvalue weighted by molar-refractivity contribution is 9.11. The molecule has 25 heavy (non-hydrogen) atoms. The third-order valence-corrected chi connectivity index (χ3v) is 5.37. The predicted molar refractivity (Wildman–Crippen MR) is 116 cm³/mol. The number of halogens is 3. The van der Waals surface area contributed by atoms with E-state index in [2.05, 4.69) is 47.8 Å². The minimum atomic E-state index is -1.21. The molecule has 0 aromatic heterocycles. The van der Waals surface area contributed by atoms with E-state index < -0.39 is 5.60 Å². The van der Waals surface area contributed by atoms with Crippen LogP contribution in [0, 0.1) is 0 Å². The van der Waals surface area contributed by atoms with Gasteiger partial charge < -0.3 is 5.11 Å². The van der Waals surface area contributed by atoms with Gasteiger partial charge in [0.2, 0.25) is 0 Å².